The maximum atomic E-state index is 12.4. The maximum Gasteiger partial charge on any atom is 0.337 e. The Bertz CT molecular complexity index is 848. The normalized spacial score (nSPS) is 10.4. The van der Waals surface area contributed by atoms with Gasteiger partial charge in [-0.2, -0.15) is 5.10 Å². The van der Waals surface area contributed by atoms with E-state index in [0.29, 0.717) is 6.54 Å². The molecule has 8 heteroatoms. The Morgan fingerprint density at radius 1 is 1.28 bits per heavy atom. The Morgan fingerprint density at radius 3 is 2.72 bits per heavy atom. The van der Waals surface area contributed by atoms with Gasteiger partial charge in [0.15, 0.2) is 0 Å². The number of nitrogens with one attached hydrogen (secondary N) is 1. The molecule has 7 nitrogen and oxygen atoms in total. The van der Waals surface area contributed by atoms with E-state index in [4.69, 9.17) is 11.6 Å². The Labute approximate surface area is 149 Å². The second-order valence-electron chi connectivity index (χ2n) is 5.27. The van der Waals surface area contributed by atoms with Gasteiger partial charge in [0, 0.05) is 12.6 Å². The van der Waals surface area contributed by atoms with Gasteiger partial charge in [0.2, 0.25) is 0 Å². The molecule has 0 fully saturated rings. The molecule has 0 bridgehead atoms. The molecule has 0 spiro atoms. The number of amides is 1. The Morgan fingerprint density at radius 2 is 2.04 bits per heavy atom. The zero-order valence-corrected chi connectivity index (χ0v) is 14.7. The number of nitrogens with zero attached hydrogens (tertiary/aromatic N) is 2. The molecule has 2 rings (SSSR count). The number of anilines is 1. The number of rotatable bonds is 6. The summed E-state index contributed by atoms with van der Waals surface area (Å²) in [6.07, 6.45) is 1.69. The minimum Gasteiger partial charge on any atom is -0.465 e. The lowest BCUT2D eigenvalue weighted by molar-refractivity contribution is 0.0600. The van der Waals surface area contributed by atoms with Crippen molar-refractivity contribution in [2.45, 2.75) is 26.3 Å². The molecule has 1 aromatic heterocycles. The predicted molar refractivity (Wildman–Crippen MR) is 94.1 cm³/mol. The molecule has 0 saturated heterocycles. The molecule has 0 unspecified atom stereocenters. The monoisotopic (exact) mass is 363 g/mol. The molecular weight excluding hydrogens is 346 g/mol. The first kappa shape index (κ1) is 18.7. The number of hydrogen-bond acceptors (Lipinski definition) is 5. The van der Waals surface area contributed by atoms with Crippen molar-refractivity contribution in [1.82, 2.24) is 9.78 Å². The number of methoxy groups -OCH3 is 1. The molecule has 1 amide bonds. The first-order valence-electron chi connectivity index (χ1n) is 7.73. The zero-order chi connectivity index (χ0) is 18.4. The first-order chi connectivity index (χ1) is 12.0. The summed E-state index contributed by atoms with van der Waals surface area (Å²) in [5.41, 5.74) is 0.316. The summed E-state index contributed by atoms with van der Waals surface area (Å²) >= 11 is 6.06. The molecule has 2 aromatic rings. The van der Waals surface area contributed by atoms with Gasteiger partial charge in [-0.1, -0.05) is 24.9 Å². The lowest BCUT2D eigenvalue weighted by Gasteiger charge is -2.10. The maximum absolute atomic E-state index is 12.4. The van der Waals surface area contributed by atoms with Crippen LogP contribution in [-0.4, -0.2) is 28.8 Å². The summed E-state index contributed by atoms with van der Waals surface area (Å²) < 4.78 is 5.90. The molecule has 0 aliphatic heterocycles. The van der Waals surface area contributed by atoms with Crippen LogP contribution in [-0.2, 0) is 11.3 Å². The summed E-state index contributed by atoms with van der Waals surface area (Å²) in [5, 5.41) is 6.92. The average molecular weight is 364 g/mol. The molecule has 0 saturated carbocycles. The van der Waals surface area contributed by atoms with Crippen LogP contribution < -0.4 is 10.9 Å². The van der Waals surface area contributed by atoms with Crippen molar-refractivity contribution in [3.63, 3.8) is 0 Å². The fraction of sp³-hybridized carbons (Fsp3) is 0.294. The van der Waals surface area contributed by atoms with Gasteiger partial charge < -0.3 is 10.1 Å². The summed E-state index contributed by atoms with van der Waals surface area (Å²) in [6, 6.07) is 7.04. The van der Waals surface area contributed by atoms with Crippen molar-refractivity contribution < 1.29 is 14.3 Å². The Hall–Kier alpha value is -2.67. The first-order valence-corrected chi connectivity index (χ1v) is 8.11. The highest BCUT2D eigenvalue weighted by Gasteiger charge is 2.14. The van der Waals surface area contributed by atoms with Crippen LogP contribution in [0.25, 0.3) is 0 Å². The molecule has 0 atom stereocenters. The Kier molecular flexibility index (Phi) is 6.30. The smallest absolute Gasteiger partial charge is 0.337 e. The third-order valence-corrected chi connectivity index (χ3v) is 3.79. The Balaban J connectivity index is 2.25. The molecule has 1 heterocycles. The largest absolute Gasteiger partial charge is 0.465 e. The third-order valence-electron chi connectivity index (χ3n) is 3.46. The van der Waals surface area contributed by atoms with Crippen LogP contribution in [0.15, 0.2) is 35.1 Å². The molecule has 0 aliphatic carbocycles. The highest BCUT2D eigenvalue weighted by atomic mass is 35.5. The molecular formula is C17H18ClN3O4. The number of benzene rings is 1. The molecule has 0 aliphatic rings. The van der Waals surface area contributed by atoms with Crippen molar-refractivity contribution in [3.8, 4) is 0 Å². The number of unbranched alkanes of at least 4 members (excludes halogenated alkanes) is 1. The van der Waals surface area contributed by atoms with E-state index in [9.17, 15) is 14.4 Å². The van der Waals surface area contributed by atoms with E-state index in [-0.39, 0.29) is 27.5 Å². The predicted octanol–water partition coefficient (Wildman–Crippen LogP) is 2.74. The standard InChI is InChI=1S/C17H18ClN3O4/c1-3-4-9-21-15(22)8-7-13(20-21)16(23)19-14-10-11(17(24)25-2)5-6-12(14)18/h5-8,10H,3-4,9H2,1-2H3,(H,19,23). The lowest BCUT2D eigenvalue weighted by Crippen LogP contribution is -2.26. The number of ether oxygens (including phenoxy) is 1. The average Bonchev–Trinajstić information content (AvgIpc) is 2.62. The summed E-state index contributed by atoms with van der Waals surface area (Å²) in [5.74, 6) is -1.08. The molecule has 1 aromatic carbocycles. The van der Waals surface area contributed by atoms with Gasteiger partial charge in [-0.3, -0.25) is 9.59 Å². The number of aryl methyl sites for hydroxylation is 1. The van der Waals surface area contributed by atoms with Gasteiger partial charge in [0.25, 0.3) is 11.5 Å². The van der Waals surface area contributed by atoms with Crippen molar-refractivity contribution in [1.29, 1.82) is 0 Å². The summed E-state index contributed by atoms with van der Waals surface area (Å²) in [6.45, 7) is 2.44. The highest BCUT2D eigenvalue weighted by Crippen LogP contribution is 2.23. The van der Waals surface area contributed by atoms with Gasteiger partial charge in [0.05, 0.1) is 23.4 Å². The summed E-state index contributed by atoms with van der Waals surface area (Å²) in [7, 11) is 1.26. The number of carbonyl (C=O) groups is 2. The van der Waals surface area contributed by atoms with Crippen molar-refractivity contribution in [2.75, 3.05) is 12.4 Å². The second-order valence-corrected chi connectivity index (χ2v) is 5.68. The quantitative estimate of drug-likeness (QED) is 0.797. The van der Waals surface area contributed by atoms with Crippen LogP contribution in [0.1, 0.15) is 40.6 Å². The fourth-order valence-corrected chi connectivity index (χ4v) is 2.26. The van der Waals surface area contributed by atoms with Crippen LogP contribution in [0.2, 0.25) is 5.02 Å². The van der Waals surface area contributed by atoms with Crippen LogP contribution in [0.5, 0.6) is 0 Å². The van der Waals surface area contributed by atoms with Crippen molar-refractivity contribution in [2.24, 2.45) is 0 Å². The van der Waals surface area contributed by atoms with Crippen LogP contribution in [0.4, 0.5) is 5.69 Å². The van der Waals surface area contributed by atoms with Crippen molar-refractivity contribution in [3.05, 3.63) is 57.0 Å². The fourth-order valence-electron chi connectivity index (χ4n) is 2.09. The number of hydrogen-bond donors (Lipinski definition) is 1. The minimum atomic E-state index is -0.543. The van der Waals surface area contributed by atoms with E-state index in [1.165, 1.54) is 42.1 Å². The molecule has 132 valence electrons. The van der Waals surface area contributed by atoms with Crippen molar-refractivity contribution >= 4 is 29.2 Å². The van der Waals surface area contributed by atoms with E-state index >= 15 is 0 Å². The van der Waals surface area contributed by atoms with E-state index in [1.807, 2.05) is 6.92 Å². The van der Waals surface area contributed by atoms with E-state index in [1.54, 1.807) is 0 Å². The highest BCUT2D eigenvalue weighted by molar-refractivity contribution is 6.34. The van der Waals surface area contributed by atoms with E-state index in [0.717, 1.165) is 12.8 Å². The van der Waals surface area contributed by atoms with Crippen LogP contribution in [0.3, 0.4) is 0 Å². The number of halogens is 1. The second kappa shape index (κ2) is 8.43. The topological polar surface area (TPSA) is 90.3 Å². The molecule has 1 N–H and O–H groups in total. The minimum absolute atomic E-state index is 0.0789. The van der Waals surface area contributed by atoms with Gasteiger partial charge in [-0.25, -0.2) is 9.48 Å². The lowest BCUT2D eigenvalue weighted by atomic mass is 10.2. The van der Waals surface area contributed by atoms with Crippen LogP contribution >= 0.6 is 11.6 Å². The van der Waals surface area contributed by atoms with Crippen LogP contribution in [0, 0.1) is 0 Å². The number of esters is 1. The number of aromatic nitrogens is 2. The summed E-state index contributed by atoms with van der Waals surface area (Å²) in [4.78, 5) is 35.7. The van der Waals surface area contributed by atoms with Gasteiger partial charge in [-0.05, 0) is 30.7 Å². The SMILES string of the molecule is CCCCn1nc(C(=O)Nc2cc(C(=O)OC)ccc2Cl)ccc1=O. The molecule has 0 radical (unpaired) electrons. The van der Waals surface area contributed by atoms with E-state index in [2.05, 4.69) is 15.2 Å². The number of carbonyl (C=O) groups excluding carboxylic acids is 2. The molecule has 25 heavy (non-hydrogen) atoms. The van der Waals surface area contributed by atoms with Gasteiger partial charge in [0.1, 0.15) is 5.69 Å². The van der Waals surface area contributed by atoms with E-state index < -0.39 is 11.9 Å². The zero-order valence-electron chi connectivity index (χ0n) is 13.9. The van der Waals surface area contributed by atoms with Gasteiger partial charge in [-0.15, -0.1) is 0 Å². The van der Waals surface area contributed by atoms with Gasteiger partial charge >= 0.3 is 5.97 Å². The third kappa shape index (κ3) is 4.67.